The van der Waals surface area contributed by atoms with Crippen molar-refractivity contribution in [2.45, 2.75) is 45.8 Å². The molecule has 1 aromatic carbocycles. The van der Waals surface area contributed by atoms with Crippen LogP contribution in [0.15, 0.2) is 41.0 Å². The molecule has 0 aliphatic carbocycles. The SMILES string of the molecule is Cc1cccc(NC(=O)CN(CC2CCCO2)C(=O)C2CC(=O)N(Cc3ccco3)C2)c1C. The van der Waals surface area contributed by atoms with E-state index < -0.39 is 5.92 Å². The second kappa shape index (κ2) is 10.2. The molecule has 176 valence electrons. The van der Waals surface area contributed by atoms with Gasteiger partial charge in [-0.25, -0.2) is 0 Å². The molecule has 3 amide bonds. The summed E-state index contributed by atoms with van der Waals surface area (Å²) in [5.41, 5.74) is 2.82. The minimum atomic E-state index is -0.484. The second-order valence-corrected chi connectivity index (χ2v) is 8.90. The zero-order valence-corrected chi connectivity index (χ0v) is 19.2. The van der Waals surface area contributed by atoms with E-state index in [1.165, 1.54) is 0 Å². The monoisotopic (exact) mass is 453 g/mol. The van der Waals surface area contributed by atoms with Crippen LogP contribution in [0.4, 0.5) is 5.69 Å². The number of amides is 3. The number of likely N-dealkylation sites (tertiary alicyclic amines) is 1. The lowest BCUT2D eigenvalue weighted by Gasteiger charge is -2.27. The lowest BCUT2D eigenvalue weighted by Crippen LogP contribution is -2.45. The van der Waals surface area contributed by atoms with Gasteiger partial charge in [-0.3, -0.25) is 14.4 Å². The Labute approximate surface area is 193 Å². The molecule has 0 saturated carbocycles. The molecule has 3 heterocycles. The quantitative estimate of drug-likeness (QED) is 0.664. The third-order valence-electron chi connectivity index (χ3n) is 6.46. The highest BCUT2D eigenvalue weighted by Gasteiger charge is 2.38. The van der Waals surface area contributed by atoms with Gasteiger partial charge in [0, 0.05) is 31.8 Å². The average Bonchev–Trinajstić information content (AvgIpc) is 3.55. The summed E-state index contributed by atoms with van der Waals surface area (Å²) in [6.07, 6.45) is 3.42. The number of benzene rings is 1. The van der Waals surface area contributed by atoms with E-state index in [9.17, 15) is 14.4 Å². The Bertz CT molecular complexity index is 997. The van der Waals surface area contributed by atoms with Gasteiger partial charge in [-0.05, 0) is 56.0 Å². The lowest BCUT2D eigenvalue weighted by atomic mass is 10.1. The van der Waals surface area contributed by atoms with Crippen LogP contribution < -0.4 is 5.32 Å². The smallest absolute Gasteiger partial charge is 0.244 e. The molecule has 0 spiro atoms. The van der Waals surface area contributed by atoms with E-state index >= 15 is 0 Å². The van der Waals surface area contributed by atoms with Gasteiger partial charge in [-0.15, -0.1) is 0 Å². The highest BCUT2D eigenvalue weighted by molar-refractivity contribution is 5.96. The van der Waals surface area contributed by atoms with E-state index in [1.54, 1.807) is 22.1 Å². The first kappa shape index (κ1) is 23.0. The lowest BCUT2D eigenvalue weighted by molar-refractivity contribution is -0.139. The Hall–Kier alpha value is -3.13. The minimum absolute atomic E-state index is 0.0745. The first-order chi connectivity index (χ1) is 15.9. The van der Waals surface area contributed by atoms with Crippen molar-refractivity contribution >= 4 is 23.4 Å². The first-order valence-corrected chi connectivity index (χ1v) is 11.5. The third kappa shape index (κ3) is 5.63. The van der Waals surface area contributed by atoms with Crippen molar-refractivity contribution in [1.29, 1.82) is 0 Å². The predicted molar refractivity (Wildman–Crippen MR) is 122 cm³/mol. The molecule has 2 unspecified atom stereocenters. The van der Waals surface area contributed by atoms with Gasteiger partial charge in [0.15, 0.2) is 0 Å². The zero-order valence-electron chi connectivity index (χ0n) is 19.2. The number of furan rings is 1. The summed E-state index contributed by atoms with van der Waals surface area (Å²) in [7, 11) is 0. The highest BCUT2D eigenvalue weighted by atomic mass is 16.5. The van der Waals surface area contributed by atoms with Crippen LogP contribution in [0.5, 0.6) is 0 Å². The van der Waals surface area contributed by atoms with Crippen LogP contribution in [0.1, 0.15) is 36.1 Å². The van der Waals surface area contributed by atoms with Crippen molar-refractivity contribution in [3.8, 4) is 0 Å². The van der Waals surface area contributed by atoms with E-state index in [2.05, 4.69) is 5.32 Å². The molecule has 4 rings (SSSR count). The van der Waals surface area contributed by atoms with Gasteiger partial charge in [0.2, 0.25) is 17.7 Å². The Morgan fingerprint density at radius 3 is 2.79 bits per heavy atom. The van der Waals surface area contributed by atoms with Crippen molar-refractivity contribution in [2.75, 3.05) is 31.6 Å². The van der Waals surface area contributed by atoms with E-state index in [1.807, 2.05) is 38.1 Å². The fourth-order valence-corrected chi connectivity index (χ4v) is 4.46. The summed E-state index contributed by atoms with van der Waals surface area (Å²) >= 11 is 0. The number of anilines is 1. The summed E-state index contributed by atoms with van der Waals surface area (Å²) in [6, 6.07) is 9.32. The van der Waals surface area contributed by atoms with Crippen molar-refractivity contribution < 1.29 is 23.5 Å². The zero-order chi connectivity index (χ0) is 23.4. The number of hydrogen-bond donors (Lipinski definition) is 1. The second-order valence-electron chi connectivity index (χ2n) is 8.90. The van der Waals surface area contributed by atoms with Crippen LogP contribution in [0.3, 0.4) is 0 Å². The summed E-state index contributed by atoms with van der Waals surface area (Å²) in [5, 5.41) is 2.94. The normalized spacial score (nSPS) is 20.3. The average molecular weight is 454 g/mol. The fraction of sp³-hybridized carbons (Fsp3) is 0.480. The number of nitrogens with zero attached hydrogens (tertiary/aromatic N) is 2. The van der Waals surface area contributed by atoms with Gasteiger partial charge in [0.1, 0.15) is 5.76 Å². The maximum Gasteiger partial charge on any atom is 0.244 e. The molecule has 2 aliphatic heterocycles. The van der Waals surface area contributed by atoms with E-state index in [0.717, 1.165) is 29.7 Å². The molecule has 2 fully saturated rings. The fourth-order valence-electron chi connectivity index (χ4n) is 4.46. The number of carbonyl (C=O) groups excluding carboxylic acids is 3. The van der Waals surface area contributed by atoms with Crippen molar-refractivity contribution in [1.82, 2.24) is 9.80 Å². The molecule has 2 aromatic rings. The molecule has 0 radical (unpaired) electrons. The molecule has 8 heteroatoms. The number of carbonyl (C=O) groups is 3. The largest absolute Gasteiger partial charge is 0.467 e. The Kier molecular flexibility index (Phi) is 7.13. The summed E-state index contributed by atoms with van der Waals surface area (Å²) in [4.78, 5) is 42.0. The van der Waals surface area contributed by atoms with Crippen LogP contribution in [-0.2, 0) is 25.7 Å². The number of ether oxygens (including phenoxy) is 1. The third-order valence-corrected chi connectivity index (χ3v) is 6.46. The van der Waals surface area contributed by atoms with Gasteiger partial charge in [-0.1, -0.05) is 12.1 Å². The van der Waals surface area contributed by atoms with Gasteiger partial charge in [0.25, 0.3) is 0 Å². The van der Waals surface area contributed by atoms with Crippen molar-refractivity contribution in [3.05, 3.63) is 53.5 Å². The Morgan fingerprint density at radius 1 is 1.21 bits per heavy atom. The highest BCUT2D eigenvalue weighted by Crippen LogP contribution is 2.24. The first-order valence-electron chi connectivity index (χ1n) is 11.5. The van der Waals surface area contributed by atoms with Crippen molar-refractivity contribution in [3.63, 3.8) is 0 Å². The Balaban J connectivity index is 1.43. The standard InChI is InChI=1S/C25H31N3O5/c1-17-6-3-9-22(18(17)2)26-23(29)16-28(15-21-8-5-11-33-21)25(31)19-12-24(30)27(13-19)14-20-7-4-10-32-20/h3-4,6-7,9-10,19,21H,5,8,11-16H2,1-2H3,(H,26,29). The maximum absolute atomic E-state index is 13.4. The molecule has 0 bridgehead atoms. The van der Waals surface area contributed by atoms with Crippen LogP contribution in [0.2, 0.25) is 0 Å². The maximum atomic E-state index is 13.4. The van der Waals surface area contributed by atoms with Crippen LogP contribution in [0.25, 0.3) is 0 Å². The number of hydrogen-bond acceptors (Lipinski definition) is 5. The number of aryl methyl sites for hydroxylation is 1. The van der Waals surface area contributed by atoms with E-state index in [0.29, 0.717) is 32.0 Å². The summed E-state index contributed by atoms with van der Waals surface area (Å²) in [6.45, 7) is 5.55. The molecule has 33 heavy (non-hydrogen) atoms. The molecule has 2 saturated heterocycles. The molecule has 1 aromatic heterocycles. The predicted octanol–water partition coefficient (Wildman–Crippen LogP) is 2.89. The summed E-state index contributed by atoms with van der Waals surface area (Å²) < 4.78 is 11.1. The summed E-state index contributed by atoms with van der Waals surface area (Å²) in [5.74, 6) is -0.326. The van der Waals surface area contributed by atoms with Crippen molar-refractivity contribution in [2.24, 2.45) is 5.92 Å². The Morgan fingerprint density at radius 2 is 2.06 bits per heavy atom. The molecule has 1 N–H and O–H groups in total. The van der Waals surface area contributed by atoms with Crippen LogP contribution >= 0.6 is 0 Å². The van der Waals surface area contributed by atoms with Gasteiger partial charge >= 0.3 is 0 Å². The molecule has 2 atom stereocenters. The van der Waals surface area contributed by atoms with Gasteiger partial charge in [-0.2, -0.15) is 0 Å². The molecule has 2 aliphatic rings. The minimum Gasteiger partial charge on any atom is -0.467 e. The topological polar surface area (TPSA) is 92.1 Å². The molecular formula is C25H31N3O5. The molecule has 8 nitrogen and oxygen atoms in total. The van der Waals surface area contributed by atoms with Crippen LogP contribution in [-0.4, -0.2) is 59.9 Å². The van der Waals surface area contributed by atoms with E-state index in [-0.39, 0.29) is 36.8 Å². The van der Waals surface area contributed by atoms with E-state index in [4.69, 9.17) is 9.15 Å². The number of nitrogens with one attached hydrogen (secondary N) is 1. The van der Waals surface area contributed by atoms with Gasteiger partial charge in [0.05, 0.1) is 31.4 Å². The molecular weight excluding hydrogens is 422 g/mol. The van der Waals surface area contributed by atoms with Gasteiger partial charge < -0.3 is 24.3 Å². The number of rotatable bonds is 8. The van der Waals surface area contributed by atoms with Crippen LogP contribution in [0, 0.1) is 19.8 Å².